The summed E-state index contributed by atoms with van der Waals surface area (Å²) in [5, 5.41) is 1.01. The van der Waals surface area contributed by atoms with Gasteiger partial charge < -0.3 is 9.64 Å². The molecule has 1 aliphatic heterocycles. The van der Waals surface area contributed by atoms with E-state index in [0.717, 1.165) is 19.4 Å². The number of fused-ring (bicyclic) bond motifs is 2. The Labute approximate surface area is 147 Å². The van der Waals surface area contributed by atoms with Gasteiger partial charge in [-0.2, -0.15) is 0 Å². The molecule has 0 aromatic heterocycles. The normalized spacial score (nSPS) is 28.7. The van der Waals surface area contributed by atoms with Gasteiger partial charge in [0.1, 0.15) is 5.75 Å². The minimum absolute atomic E-state index is 0.0314. The summed E-state index contributed by atoms with van der Waals surface area (Å²) in [7, 11) is 0. The zero-order valence-electron chi connectivity index (χ0n) is 13.9. The molecule has 0 spiro atoms. The van der Waals surface area contributed by atoms with E-state index in [1.807, 2.05) is 4.90 Å². The second kappa shape index (κ2) is 5.86. The summed E-state index contributed by atoms with van der Waals surface area (Å²) >= 11 is 11.9. The molecular formula is C18H23Cl2NO2. The molecule has 2 fully saturated rings. The van der Waals surface area contributed by atoms with Crippen molar-refractivity contribution in [1.82, 2.24) is 4.90 Å². The second-order valence-corrected chi connectivity index (χ2v) is 9.00. The Hall–Kier alpha value is -0.930. The molecule has 5 heteroatoms. The van der Waals surface area contributed by atoms with Crippen LogP contribution in [0, 0.1) is 10.8 Å². The summed E-state index contributed by atoms with van der Waals surface area (Å²) < 4.78 is 5.62. The SMILES string of the molecule is CC1(C)C[C@@H]2C[C@](C)(CN2C(=O)COc2cc(Cl)cc(Cl)c2)C1. The molecule has 1 saturated heterocycles. The summed E-state index contributed by atoms with van der Waals surface area (Å²) in [4.78, 5) is 14.6. The van der Waals surface area contributed by atoms with Crippen molar-refractivity contribution in [2.45, 2.75) is 46.1 Å². The lowest BCUT2D eigenvalue weighted by Crippen LogP contribution is -2.40. The minimum atomic E-state index is 0.0314. The van der Waals surface area contributed by atoms with Gasteiger partial charge in [0.15, 0.2) is 6.61 Å². The lowest BCUT2D eigenvalue weighted by molar-refractivity contribution is -0.134. The first kappa shape index (κ1) is 16.9. The predicted molar refractivity (Wildman–Crippen MR) is 93.2 cm³/mol. The first-order valence-electron chi connectivity index (χ1n) is 8.04. The Morgan fingerprint density at radius 2 is 1.87 bits per heavy atom. The molecule has 23 heavy (non-hydrogen) atoms. The van der Waals surface area contributed by atoms with Crippen LogP contribution in [0.2, 0.25) is 10.0 Å². The highest BCUT2D eigenvalue weighted by atomic mass is 35.5. The van der Waals surface area contributed by atoms with Crippen molar-refractivity contribution in [3.63, 3.8) is 0 Å². The summed E-state index contributed by atoms with van der Waals surface area (Å²) in [5.41, 5.74) is 0.537. The molecule has 1 amide bonds. The Bertz CT molecular complexity index is 611. The zero-order chi connectivity index (χ0) is 16.8. The van der Waals surface area contributed by atoms with Crippen LogP contribution in [-0.4, -0.2) is 30.0 Å². The van der Waals surface area contributed by atoms with E-state index in [2.05, 4.69) is 20.8 Å². The van der Waals surface area contributed by atoms with E-state index in [4.69, 9.17) is 27.9 Å². The van der Waals surface area contributed by atoms with Crippen molar-refractivity contribution in [3.05, 3.63) is 28.2 Å². The number of carbonyl (C=O) groups is 1. The topological polar surface area (TPSA) is 29.5 Å². The highest BCUT2D eigenvalue weighted by Gasteiger charge is 2.50. The van der Waals surface area contributed by atoms with Gasteiger partial charge >= 0.3 is 0 Å². The number of carbonyl (C=O) groups excluding carboxylic acids is 1. The highest BCUT2D eigenvalue weighted by molar-refractivity contribution is 6.34. The smallest absolute Gasteiger partial charge is 0.260 e. The maximum absolute atomic E-state index is 12.6. The minimum Gasteiger partial charge on any atom is -0.484 e. The first-order chi connectivity index (χ1) is 10.7. The van der Waals surface area contributed by atoms with Crippen molar-refractivity contribution in [1.29, 1.82) is 0 Å². The van der Waals surface area contributed by atoms with Crippen molar-refractivity contribution < 1.29 is 9.53 Å². The average Bonchev–Trinajstić information content (AvgIpc) is 2.64. The molecule has 0 unspecified atom stereocenters. The van der Waals surface area contributed by atoms with Crippen molar-refractivity contribution >= 4 is 29.1 Å². The number of likely N-dealkylation sites (tertiary alicyclic amines) is 1. The number of benzene rings is 1. The number of amides is 1. The molecule has 2 atom stereocenters. The zero-order valence-corrected chi connectivity index (χ0v) is 15.4. The van der Waals surface area contributed by atoms with Gasteiger partial charge in [0, 0.05) is 22.6 Å². The van der Waals surface area contributed by atoms with Crippen LogP contribution >= 0.6 is 23.2 Å². The molecule has 1 aromatic carbocycles. The third-order valence-electron chi connectivity index (χ3n) is 4.93. The fraction of sp³-hybridized carbons (Fsp3) is 0.611. The Morgan fingerprint density at radius 3 is 2.52 bits per heavy atom. The number of halogens is 2. The van der Waals surface area contributed by atoms with Gasteiger partial charge in [-0.15, -0.1) is 0 Å². The van der Waals surface area contributed by atoms with Crippen molar-refractivity contribution in [2.24, 2.45) is 10.8 Å². The van der Waals surface area contributed by atoms with Crippen LogP contribution in [0.5, 0.6) is 5.75 Å². The van der Waals surface area contributed by atoms with E-state index >= 15 is 0 Å². The van der Waals surface area contributed by atoms with Gasteiger partial charge in [-0.1, -0.05) is 44.0 Å². The molecule has 0 radical (unpaired) electrons. The third-order valence-corrected chi connectivity index (χ3v) is 5.37. The molecule has 3 nitrogen and oxygen atoms in total. The predicted octanol–water partition coefficient (Wildman–Crippen LogP) is 4.80. The van der Waals surface area contributed by atoms with E-state index in [1.165, 1.54) is 6.42 Å². The number of hydrogen-bond acceptors (Lipinski definition) is 2. The molecule has 2 bridgehead atoms. The number of hydrogen-bond donors (Lipinski definition) is 0. The van der Waals surface area contributed by atoms with Crippen LogP contribution in [0.4, 0.5) is 0 Å². The molecule has 3 rings (SSSR count). The molecule has 1 aliphatic carbocycles. The van der Waals surface area contributed by atoms with Crippen LogP contribution in [0.1, 0.15) is 40.0 Å². The lowest BCUT2D eigenvalue weighted by atomic mass is 9.65. The largest absolute Gasteiger partial charge is 0.484 e. The van der Waals surface area contributed by atoms with Gasteiger partial charge in [0.2, 0.25) is 0 Å². The maximum atomic E-state index is 12.6. The molecule has 2 aliphatic rings. The molecule has 1 saturated carbocycles. The molecule has 1 aromatic rings. The average molecular weight is 356 g/mol. The Morgan fingerprint density at radius 1 is 1.22 bits per heavy atom. The summed E-state index contributed by atoms with van der Waals surface area (Å²) in [6.07, 6.45) is 3.34. The lowest BCUT2D eigenvalue weighted by Gasteiger charge is -2.39. The molecule has 126 valence electrons. The van der Waals surface area contributed by atoms with Crippen LogP contribution in [-0.2, 0) is 4.79 Å². The highest BCUT2D eigenvalue weighted by Crippen LogP contribution is 2.52. The quantitative estimate of drug-likeness (QED) is 0.779. The number of nitrogens with zero attached hydrogens (tertiary/aromatic N) is 1. The second-order valence-electron chi connectivity index (χ2n) is 8.13. The van der Waals surface area contributed by atoms with Crippen LogP contribution in [0.25, 0.3) is 0 Å². The van der Waals surface area contributed by atoms with Crippen LogP contribution in [0.15, 0.2) is 18.2 Å². The number of ether oxygens (including phenoxy) is 1. The van der Waals surface area contributed by atoms with E-state index in [1.54, 1.807) is 18.2 Å². The van der Waals surface area contributed by atoms with E-state index < -0.39 is 0 Å². The van der Waals surface area contributed by atoms with Gasteiger partial charge in [-0.3, -0.25) is 4.79 Å². The monoisotopic (exact) mass is 355 g/mol. The van der Waals surface area contributed by atoms with Crippen molar-refractivity contribution in [3.8, 4) is 5.75 Å². The van der Waals surface area contributed by atoms with E-state index in [0.29, 0.717) is 27.3 Å². The standard InChI is InChI=1S/C18H23Cl2NO2/c1-17(2)7-14-8-18(3,10-17)11-21(14)16(22)9-23-15-5-12(19)4-13(20)6-15/h4-6,14H,7-11H2,1-3H3/t14-,18+/m1/s1. The maximum Gasteiger partial charge on any atom is 0.260 e. The fourth-order valence-electron chi connectivity index (χ4n) is 4.59. The Balaban J connectivity index is 1.65. The van der Waals surface area contributed by atoms with Gasteiger partial charge in [0.25, 0.3) is 5.91 Å². The van der Waals surface area contributed by atoms with E-state index in [-0.39, 0.29) is 17.9 Å². The van der Waals surface area contributed by atoms with Crippen LogP contribution < -0.4 is 4.74 Å². The summed E-state index contributed by atoms with van der Waals surface area (Å²) in [6.45, 7) is 7.76. The molecule has 0 N–H and O–H groups in total. The van der Waals surface area contributed by atoms with Gasteiger partial charge in [-0.05, 0) is 48.3 Å². The fourth-order valence-corrected chi connectivity index (χ4v) is 5.10. The number of rotatable bonds is 3. The van der Waals surface area contributed by atoms with Crippen LogP contribution in [0.3, 0.4) is 0 Å². The van der Waals surface area contributed by atoms with Gasteiger partial charge in [0.05, 0.1) is 0 Å². The molecular weight excluding hydrogens is 333 g/mol. The third kappa shape index (κ3) is 3.77. The Kier molecular flexibility index (Phi) is 4.31. The first-order valence-corrected chi connectivity index (χ1v) is 8.80. The summed E-state index contributed by atoms with van der Waals surface area (Å²) in [6, 6.07) is 5.33. The van der Waals surface area contributed by atoms with Gasteiger partial charge in [-0.25, -0.2) is 0 Å². The molecule has 1 heterocycles. The summed E-state index contributed by atoms with van der Waals surface area (Å²) in [5.74, 6) is 0.581. The van der Waals surface area contributed by atoms with Crippen molar-refractivity contribution in [2.75, 3.05) is 13.2 Å². The van der Waals surface area contributed by atoms with E-state index in [9.17, 15) is 4.79 Å².